The van der Waals surface area contributed by atoms with E-state index < -0.39 is 58.0 Å². The number of hydrogen-bond donors (Lipinski definition) is 0. The molecule has 5 rings (SSSR count). The molecular weight excluding hydrogens is 658 g/mol. The van der Waals surface area contributed by atoms with Gasteiger partial charge in [0.1, 0.15) is 22.4 Å². The van der Waals surface area contributed by atoms with Crippen LogP contribution >= 0.6 is 22.9 Å². The molecule has 3 aromatic rings. The zero-order chi connectivity index (χ0) is 33.4. The van der Waals surface area contributed by atoms with E-state index in [-0.39, 0.29) is 38.1 Å². The Hall–Kier alpha value is -3.83. The molecule has 2 amide bonds. The maximum Gasteiger partial charge on any atom is 0.425 e. The number of alkyl halides is 6. The van der Waals surface area contributed by atoms with Gasteiger partial charge in [0.2, 0.25) is 5.60 Å². The Morgan fingerprint density at radius 1 is 1.13 bits per heavy atom. The van der Waals surface area contributed by atoms with Crippen molar-refractivity contribution in [1.82, 2.24) is 14.8 Å². The van der Waals surface area contributed by atoms with Crippen LogP contribution in [0, 0.1) is 11.3 Å². The fourth-order valence-corrected chi connectivity index (χ4v) is 7.14. The van der Waals surface area contributed by atoms with Gasteiger partial charge in [-0.05, 0) is 54.7 Å². The van der Waals surface area contributed by atoms with Gasteiger partial charge in [-0.1, -0.05) is 31.0 Å². The summed E-state index contributed by atoms with van der Waals surface area (Å²) in [6.45, 7) is 1.70. The van der Waals surface area contributed by atoms with E-state index in [1.165, 1.54) is 4.90 Å². The smallest absolute Gasteiger partial charge is 0.425 e. The molecule has 0 aliphatic carbocycles. The van der Waals surface area contributed by atoms with E-state index in [1.54, 1.807) is 25.1 Å². The first kappa shape index (κ1) is 33.5. The van der Waals surface area contributed by atoms with Crippen molar-refractivity contribution in [2.24, 2.45) is 0 Å². The number of hydrogen-bond acceptors (Lipinski definition) is 6. The van der Waals surface area contributed by atoms with E-state index >= 15 is 0 Å². The number of nitriles is 1. The molecule has 1 fully saturated rings. The second-order valence-corrected chi connectivity index (χ2v) is 12.4. The van der Waals surface area contributed by atoms with Crippen LogP contribution in [0.15, 0.2) is 48.0 Å². The van der Waals surface area contributed by atoms with Crippen LogP contribution in [0.5, 0.6) is 5.75 Å². The van der Waals surface area contributed by atoms with E-state index in [1.807, 2.05) is 0 Å². The summed E-state index contributed by atoms with van der Waals surface area (Å²) < 4.78 is 88.7. The van der Waals surface area contributed by atoms with Crippen LogP contribution in [0.4, 0.5) is 26.3 Å². The maximum absolute atomic E-state index is 14.8. The van der Waals surface area contributed by atoms with Crippen LogP contribution < -0.4 is 4.74 Å². The Balaban J connectivity index is 1.63. The van der Waals surface area contributed by atoms with Crippen molar-refractivity contribution in [3.63, 3.8) is 0 Å². The first-order chi connectivity index (χ1) is 21.7. The van der Waals surface area contributed by atoms with Crippen molar-refractivity contribution in [3.8, 4) is 11.8 Å². The van der Waals surface area contributed by atoms with Crippen LogP contribution in [0.25, 0.3) is 0 Å². The van der Waals surface area contributed by atoms with Gasteiger partial charge >= 0.3 is 12.4 Å². The molecule has 1 unspecified atom stereocenters. The van der Waals surface area contributed by atoms with Gasteiger partial charge in [-0.3, -0.25) is 14.6 Å². The van der Waals surface area contributed by atoms with E-state index in [0.29, 0.717) is 34.8 Å². The summed E-state index contributed by atoms with van der Waals surface area (Å²) in [5, 5.41) is 11.8. The summed E-state index contributed by atoms with van der Waals surface area (Å²) in [5.74, 6) is -2.14. The summed E-state index contributed by atoms with van der Waals surface area (Å²) in [4.78, 5) is 33.9. The zero-order valence-corrected chi connectivity index (χ0v) is 25.9. The number of fused-ring (bicyclic) bond motifs is 1. The molecular formula is C31H27ClF6N4O3S. The number of rotatable bonds is 6. The van der Waals surface area contributed by atoms with Crippen molar-refractivity contribution in [3.05, 3.63) is 80.3 Å². The van der Waals surface area contributed by atoms with Gasteiger partial charge in [0.15, 0.2) is 0 Å². The molecule has 0 saturated carbocycles. The third kappa shape index (κ3) is 6.27. The molecule has 7 nitrogen and oxygen atoms in total. The summed E-state index contributed by atoms with van der Waals surface area (Å²) in [7, 11) is 0. The number of carbonyl (C=O) groups excluding carboxylic acids is 2. The standard InChI is InChI=1S/C31H27ClF6N4O3S/c1-2-5-24-29(45-20-15-25(46-17-20)31(36,37)38,28(44)41-13-9-18-14-19(32)7-8-21(18)23(41)16-39)10-4-12-42(24)27(43)26-22(30(33,34)35)6-3-11-40-26/h3,6-8,11,14-15,17,23-24H,2,4-5,9-10,12-13H2,1H3/t23?,24-,29-/m1/s1. The number of halogens is 7. The lowest BCUT2D eigenvalue weighted by atomic mass is 9.79. The first-order valence-corrected chi connectivity index (χ1v) is 15.6. The van der Waals surface area contributed by atoms with E-state index in [9.17, 15) is 41.2 Å². The average molecular weight is 685 g/mol. The van der Waals surface area contributed by atoms with Gasteiger partial charge in [-0.15, -0.1) is 11.3 Å². The van der Waals surface area contributed by atoms with Crippen molar-refractivity contribution < 1.29 is 40.7 Å². The highest BCUT2D eigenvalue weighted by molar-refractivity contribution is 7.10. The molecule has 244 valence electrons. The van der Waals surface area contributed by atoms with Crippen molar-refractivity contribution >= 4 is 34.8 Å². The number of nitrogens with zero attached hydrogens (tertiary/aromatic N) is 4. The van der Waals surface area contributed by atoms with Crippen molar-refractivity contribution in [2.45, 2.75) is 69.1 Å². The molecule has 0 spiro atoms. The van der Waals surface area contributed by atoms with Crippen molar-refractivity contribution in [1.29, 1.82) is 5.26 Å². The number of amides is 2. The minimum atomic E-state index is -4.91. The van der Waals surface area contributed by atoms with Gasteiger partial charge < -0.3 is 14.5 Å². The average Bonchev–Trinajstić information content (AvgIpc) is 3.49. The normalized spacial score (nSPS) is 21.8. The molecule has 1 saturated heterocycles. The molecule has 0 N–H and O–H groups in total. The molecule has 15 heteroatoms. The Morgan fingerprint density at radius 3 is 2.54 bits per heavy atom. The number of piperidine rings is 1. The predicted octanol–water partition coefficient (Wildman–Crippen LogP) is 7.71. The lowest BCUT2D eigenvalue weighted by molar-refractivity contribution is -0.161. The number of thiophene rings is 1. The number of pyridine rings is 1. The van der Waals surface area contributed by atoms with Gasteiger partial charge in [0.05, 0.1) is 17.7 Å². The highest BCUT2D eigenvalue weighted by Crippen LogP contribution is 2.44. The number of ether oxygens (including phenoxy) is 1. The van der Waals surface area contributed by atoms with Crippen LogP contribution in [0.2, 0.25) is 5.02 Å². The predicted molar refractivity (Wildman–Crippen MR) is 156 cm³/mol. The van der Waals surface area contributed by atoms with Gasteiger partial charge in [-0.2, -0.15) is 31.6 Å². The monoisotopic (exact) mass is 684 g/mol. The van der Waals surface area contributed by atoms with Gasteiger partial charge in [0, 0.05) is 42.2 Å². The van der Waals surface area contributed by atoms with Gasteiger partial charge in [0.25, 0.3) is 11.8 Å². The molecule has 2 aromatic heterocycles. The second-order valence-electron chi connectivity index (χ2n) is 11.1. The molecule has 1 aromatic carbocycles. The minimum Gasteiger partial charge on any atom is -0.474 e. The molecule has 0 bridgehead atoms. The minimum absolute atomic E-state index is 0.0260. The maximum atomic E-state index is 14.8. The SMILES string of the molecule is CCC[C@H]1N(C(=O)c2ncccc2C(F)(F)F)CCC[C@]1(Oc1csc(C(F)(F)F)c1)C(=O)N1CCc2cc(Cl)ccc2C1C#N. The van der Waals surface area contributed by atoms with E-state index in [2.05, 4.69) is 11.1 Å². The molecule has 0 radical (unpaired) electrons. The fraction of sp³-hybridized carbons (Fsp3) is 0.419. The molecule has 4 heterocycles. The quantitative estimate of drug-likeness (QED) is 0.249. The molecule has 2 aliphatic heterocycles. The highest BCUT2D eigenvalue weighted by Gasteiger charge is 2.57. The summed E-state index contributed by atoms with van der Waals surface area (Å²) in [6.07, 6.45) is -7.87. The van der Waals surface area contributed by atoms with Crippen LogP contribution in [0.1, 0.15) is 70.7 Å². The van der Waals surface area contributed by atoms with Crippen LogP contribution in [-0.2, 0) is 23.6 Å². The lowest BCUT2D eigenvalue weighted by Crippen LogP contribution is -2.68. The highest BCUT2D eigenvalue weighted by atomic mass is 35.5. The Morgan fingerprint density at radius 2 is 1.89 bits per heavy atom. The van der Waals surface area contributed by atoms with Crippen molar-refractivity contribution in [2.75, 3.05) is 13.1 Å². The number of benzene rings is 1. The Labute approximate surface area is 269 Å². The van der Waals surface area contributed by atoms with Crippen LogP contribution in [0.3, 0.4) is 0 Å². The molecule has 46 heavy (non-hydrogen) atoms. The second kappa shape index (κ2) is 12.8. The number of likely N-dealkylation sites (tertiary alicyclic amines) is 1. The summed E-state index contributed by atoms with van der Waals surface area (Å²) in [5.41, 5.74) is -2.92. The summed E-state index contributed by atoms with van der Waals surface area (Å²) in [6, 6.07) is 7.20. The first-order valence-electron chi connectivity index (χ1n) is 14.4. The van der Waals surface area contributed by atoms with E-state index in [0.717, 1.165) is 40.2 Å². The van der Waals surface area contributed by atoms with Crippen LogP contribution in [-0.4, -0.2) is 51.3 Å². The molecule has 2 aliphatic rings. The van der Waals surface area contributed by atoms with E-state index in [4.69, 9.17) is 16.3 Å². The Bertz CT molecular complexity index is 1670. The Kier molecular flexibility index (Phi) is 9.30. The number of carbonyl (C=O) groups is 2. The third-order valence-electron chi connectivity index (χ3n) is 8.23. The largest absolute Gasteiger partial charge is 0.474 e. The number of aromatic nitrogens is 1. The van der Waals surface area contributed by atoms with Gasteiger partial charge in [-0.25, -0.2) is 0 Å². The fourth-order valence-electron chi connectivity index (χ4n) is 6.27. The summed E-state index contributed by atoms with van der Waals surface area (Å²) >= 11 is 6.50. The molecule has 3 atom stereocenters. The topological polar surface area (TPSA) is 86.5 Å². The third-order valence-corrected chi connectivity index (χ3v) is 9.42. The lowest BCUT2D eigenvalue weighted by Gasteiger charge is -2.50. The zero-order valence-electron chi connectivity index (χ0n) is 24.3.